The van der Waals surface area contributed by atoms with Crippen molar-refractivity contribution < 1.29 is 14.4 Å². The first kappa shape index (κ1) is 20.0. The molecule has 0 aliphatic carbocycles. The summed E-state index contributed by atoms with van der Waals surface area (Å²) in [5.74, 6) is -0.701. The average Bonchev–Trinajstić information content (AvgIpc) is 3.05. The molecule has 0 spiro atoms. The number of anilines is 1. The zero-order valence-electron chi connectivity index (χ0n) is 16.6. The Hall–Kier alpha value is -3.32. The number of rotatable bonds is 4. The van der Waals surface area contributed by atoms with Crippen LogP contribution in [0.5, 0.6) is 0 Å². The first-order chi connectivity index (χ1) is 14.3. The van der Waals surface area contributed by atoms with E-state index < -0.39 is 18.1 Å². The molecule has 2 aromatic rings. The van der Waals surface area contributed by atoms with E-state index in [0.717, 1.165) is 16.0 Å². The maximum Gasteiger partial charge on any atom is 0.329 e. The van der Waals surface area contributed by atoms with Crippen molar-refractivity contribution >= 4 is 35.1 Å². The van der Waals surface area contributed by atoms with Gasteiger partial charge in [0, 0.05) is 24.8 Å². The molecule has 0 aromatic heterocycles. The summed E-state index contributed by atoms with van der Waals surface area (Å²) in [6.07, 6.45) is 1.61. The van der Waals surface area contributed by atoms with E-state index in [2.05, 4.69) is 10.6 Å². The lowest BCUT2D eigenvalue weighted by Crippen LogP contribution is -2.65. The predicted octanol–water partition coefficient (Wildman–Crippen LogP) is 2.59. The second-order valence-corrected chi connectivity index (χ2v) is 7.88. The van der Waals surface area contributed by atoms with Gasteiger partial charge in [0.15, 0.2) is 0 Å². The molecule has 0 saturated carbocycles. The number of nitrogens with zero attached hydrogens (tertiary/aromatic N) is 2. The number of imide groups is 1. The molecule has 2 heterocycles. The van der Waals surface area contributed by atoms with Gasteiger partial charge in [-0.1, -0.05) is 41.4 Å². The van der Waals surface area contributed by atoms with Crippen LogP contribution in [-0.4, -0.2) is 41.9 Å². The molecule has 2 aromatic carbocycles. The number of likely N-dealkylation sites (N-methyl/N-ethyl adjacent to an activating group) is 1. The smallest absolute Gasteiger partial charge is 0.329 e. The molecule has 0 bridgehead atoms. The number of benzene rings is 2. The lowest BCUT2D eigenvalue weighted by Gasteiger charge is -2.37. The van der Waals surface area contributed by atoms with Gasteiger partial charge in [-0.05, 0) is 36.8 Å². The standard InChI is InChI=1S/C22H21ClN4O3/c1-13-3-9-16(10-4-13)27-21(29)19-18(25-22(27)30)17(12-26(19)2)20(28)24-11-14-5-7-15(23)8-6-14/h3-10,12,18-19H,11H2,1-2H3,(H,24,28)(H,25,30). The van der Waals surface area contributed by atoms with Crippen LogP contribution in [0, 0.1) is 6.92 Å². The van der Waals surface area contributed by atoms with Gasteiger partial charge in [0.25, 0.3) is 11.8 Å². The van der Waals surface area contributed by atoms with Crippen molar-refractivity contribution in [2.45, 2.75) is 25.6 Å². The molecular formula is C22H21ClN4O3. The molecule has 2 N–H and O–H groups in total. The third-order valence-corrected chi connectivity index (χ3v) is 5.56. The molecule has 4 amide bonds. The van der Waals surface area contributed by atoms with E-state index in [9.17, 15) is 14.4 Å². The topological polar surface area (TPSA) is 81.8 Å². The normalized spacial score (nSPS) is 20.6. The Labute approximate surface area is 179 Å². The summed E-state index contributed by atoms with van der Waals surface area (Å²) in [6, 6.07) is 12.4. The fraction of sp³-hybridized carbons (Fsp3) is 0.227. The summed E-state index contributed by atoms with van der Waals surface area (Å²) < 4.78 is 0. The molecule has 1 saturated heterocycles. The number of aryl methyl sites for hydroxylation is 1. The molecule has 154 valence electrons. The highest BCUT2D eigenvalue weighted by Crippen LogP contribution is 2.29. The summed E-state index contributed by atoms with van der Waals surface area (Å²) in [7, 11) is 1.72. The van der Waals surface area contributed by atoms with Gasteiger partial charge < -0.3 is 15.5 Å². The number of amides is 4. The highest BCUT2D eigenvalue weighted by molar-refractivity contribution is 6.30. The number of hydrogen-bond donors (Lipinski definition) is 2. The van der Waals surface area contributed by atoms with Crippen LogP contribution in [0.15, 0.2) is 60.3 Å². The van der Waals surface area contributed by atoms with E-state index in [1.54, 1.807) is 42.4 Å². The summed E-state index contributed by atoms with van der Waals surface area (Å²) in [5.41, 5.74) is 2.77. The van der Waals surface area contributed by atoms with Crippen LogP contribution in [0.25, 0.3) is 0 Å². The van der Waals surface area contributed by atoms with Gasteiger partial charge in [-0.15, -0.1) is 0 Å². The Kier molecular flexibility index (Phi) is 5.22. The van der Waals surface area contributed by atoms with Gasteiger partial charge in [0.05, 0.1) is 17.3 Å². The van der Waals surface area contributed by atoms with Gasteiger partial charge >= 0.3 is 6.03 Å². The molecule has 2 unspecified atom stereocenters. The number of fused-ring (bicyclic) bond motifs is 1. The molecule has 7 nitrogen and oxygen atoms in total. The summed E-state index contributed by atoms with van der Waals surface area (Å²) >= 11 is 5.88. The molecule has 30 heavy (non-hydrogen) atoms. The molecule has 2 aliphatic rings. The minimum atomic E-state index is -0.707. The second-order valence-electron chi connectivity index (χ2n) is 7.44. The number of carbonyl (C=O) groups excluding carboxylic acids is 3. The SMILES string of the molecule is Cc1ccc(N2C(=O)NC3C(C(=O)NCc4ccc(Cl)cc4)=CN(C)C3C2=O)cc1. The molecule has 4 rings (SSSR count). The molecule has 0 radical (unpaired) electrons. The van der Waals surface area contributed by atoms with Crippen molar-refractivity contribution in [2.75, 3.05) is 11.9 Å². The van der Waals surface area contributed by atoms with E-state index in [1.165, 1.54) is 0 Å². The van der Waals surface area contributed by atoms with Crippen LogP contribution < -0.4 is 15.5 Å². The monoisotopic (exact) mass is 424 g/mol. The quantitative estimate of drug-likeness (QED) is 0.790. The van der Waals surface area contributed by atoms with E-state index in [4.69, 9.17) is 11.6 Å². The fourth-order valence-electron chi connectivity index (χ4n) is 3.71. The third kappa shape index (κ3) is 3.64. The fourth-order valence-corrected chi connectivity index (χ4v) is 3.84. The number of carbonyl (C=O) groups is 3. The van der Waals surface area contributed by atoms with Crippen molar-refractivity contribution in [1.29, 1.82) is 0 Å². The van der Waals surface area contributed by atoms with E-state index in [-0.39, 0.29) is 11.8 Å². The van der Waals surface area contributed by atoms with Gasteiger partial charge in [0.1, 0.15) is 6.04 Å². The van der Waals surface area contributed by atoms with Crippen LogP contribution in [-0.2, 0) is 16.1 Å². The lowest BCUT2D eigenvalue weighted by atomic mass is 9.99. The summed E-state index contributed by atoms with van der Waals surface area (Å²) in [6.45, 7) is 2.24. The van der Waals surface area contributed by atoms with E-state index in [0.29, 0.717) is 22.8 Å². The van der Waals surface area contributed by atoms with Crippen molar-refractivity contribution in [1.82, 2.24) is 15.5 Å². The molecule has 2 atom stereocenters. The minimum Gasteiger partial charge on any atom is -0.366 e. The zero-order chi connectivity index (χ0) is 21.4. The summed E-state index contributed by atoms with van der Waals surface area (Å²) in [5, 5.41) is 6.28. The highest BCUT2D eigenvalue weighted by atomic mass is 35.5. The van der Waals surface area contributed by atoms with Crippen LogP contribution in [0.3, 0.4) is 0 Å². The Bertz CT molecular complexity index is 1030. The number of halogens is 1. The zero-order valence-corrected chi connectivity index (χ0v) is 17.3. The molecular weight excluding hydrogens is 404 g/mol. The van der Waals surface area contributed by atoms with Crippen molar-refractivity contribution in [2.24, 2.45) is 0 Å². The molecule has 2 aliphatic heterocycles. The number of urea groups is 1. The van der Waals surface area contributed by atoms with Crippen molar-refractivity contribution in [3.63, 3.8) is 0 Å². The van der Waals surface area contributed by atoms with Crippen molar-refractivity contribution in [3.8, 4) is 0 Å². The largest absolute Gasteiger partial charge is 0.366 e. The van der Waals surface area contributed by atoms with Gasteiger partial charge in [-0.2, -0.15) is 0 Å². The number of hydrogen-bond acceptors (Lipinski definition) is 4. The van der Waals surface area contributed by atoms with E-state index >= 15 is 0 Å². The maximum atomic E-state index is 13.1. The van der Waals surface area contributed by atoms with Crippen LogP contribution in [0.2, 0.25) is 5.02 Å². The second kappa shape index (κ2) is 7.84. The Balaban J connectivity index is 1.50. The van der Waals surface area contributed by atoms with Gasteiger partial charge in [-0.25, -0.2) is 9.69 Å². The average molecular weight is 425 g/mol. The van der Waals surface area contributed by atoms with Crippen molar-refractivity contribution in [3.05, 3.63) is 76.5 Å². The number of nitrogens with one attached hydrogen (secondary N) is 2. The van der Waals surface area contributed by atoms with Crippen LogP contribution in [0.4, 0.5) is 10.5 Å². The Morgan fingerprint density at radius 3 is 2.43 bits per heavy atom. The van der Waals surface area contributed by atoms with Gasteiger partial charge in [0.2, 0.25) is 0 Å². The third-order valence-electron chi connectivity index (χ3n) is 5.31. The van der Waals surface area contributed by atoms with Crippen LogP contribution >= 0.6 is 11.6 Å². The lowest BCUT2D eigenvalue weighted by molar-refractivity contribution is -0.122. The Morgan fingerprint density at radius 1 is 1.10 bits per heavy atom. The predicted molar refractivity (Wildman–Crippen MR) is 114 cm³/mol. The first-order valence-corrected chi connectivity index (χ1v) is 9.90. The highest BCUT2D eigenvalue weighted by Gasteiger charge is 2.49. The maximum absolute atomic E-state index is 13.1. The van der Waals surface area contributed by atoms with Crippen LogP contribution in [0.1, 0.15) is 11.1 Å². The molecule has 1 fully saturated rings. The summed E-state index contributed by atoms with van der Waals surface area (Å²) in [4.78, 5) is 41.4. The first-order valence-electron chi connectivity index (χ1n) is 9.52. The van der Waals surface area contributed by atoms with Gasteiger partial charge in [-0.3, -0.25) is 9.59 Å². The van der Waals surface area contributed by atoms with E-state index in [1.807, 2.05) is 31.2 Å². The minimum absolute atomic E-state index is 0.311. The molecule has 8 heteroatoms. The Morgan fingerprint density at radius 2 is 1.77 bits per heavy atom.